The molecule has 6 nitrogen and oxygen atoms in total. The first-order valence-corrected chi connectivity index (χ1v) is 8.59. The summed E-state index contributed by atoms with van der Waals surface area (Å²) in [6.45, 7) is 6.02. The van der Waals surface area contributed by atoms with E-state index in [9.17, 15) is 4.79 Å². The zero-order chi connectivity index (χ0) is 18.5. The molecule has 1 heterocycles. The van der Waals surface area contributed by atoms with Gasteiger partial charge in [0.2, 0.25) is 0 Å². The van der Waals surface area contributed by atoms with Crippen LogP contribution in [0.2, 0.25) is 0 Å². The molecule has 1 amide bonds. The SMILES string of the molecule is CC(C)c1noc(NC(C)c2cccc(NC(=O)c3ccccc3)c2)n1. The molecule has 2 N–H and O–H groups in total. The lowest BCUT2D eigenvalue weighted by atomic mass is 10.1. The van der Waals surface area contributed by atoms with Crippen molar-refractivity contribution in [2.75, 3.05) is 10.6 Å². The lowest BCUT2D eigenvalue weighted by Crippen LogP contribution is -2.12. The minimum absolute atomic E-state index is 0.0518. The first kappa shape index (κ1) is 17.7. The Balaban J connectivity index is 1.68. The molecule has 6 heteroatoms. The van der Waals surface area contributed by atoms with Gasteiger partial charge in [0.25, 0.3) is 5.91 Å². The van der Waals surface area contributed by atoms with E-state index in [1.54, 1.807) is 12.1 Å². The van der Waals surface area contributed by atoms with Gasteiger partial charge in [-0.3, -0.25) is 4.79 Å². The Morgan fingerprint density at radius 2 is 1.81 bits per heavy atom. The van der Waals surface area contributed by atoms with Crippen LogP contribution < -0.4 is 10.6 Å². The fourth-order valence-electron chi connectivity index (χ4n) is 2.48. The van der Waals surface area contributed by atoms with Crippen LogP contribution in [0.3, 0.4) is 0 Å². The highest BCUT2D eigenvalue weighted by Gasteiger charge is 2.13. The molecule has 0 saturated carbocycles. The van der Waals surface area contributed by atoms with Crippen LogP contribution >= 0.6 is 0 Å². The fraction of sp³-hybridized carbons (Fsp3) is 0.250. The van der Waals surface area contributed by atoms with E-state index in [0.29, 0.717) is 17.4 Å². The molecule has 0 saturated heterocycles. The quantitative estimate of drug-likeness (QED) is 0.678. The summed E-state index contributed by atoms with van der Waals surface area (Å²) < 4.78 is 5.23. The highest BCUT2D eigenvalue weighted by Crippen LogP contribution is 2.22. The van der Waals surface area contributed by atoms with Crippen molar-refractivity contribution in [1.82, 2.24) is 10.1 Å². The van der Waals surface area contributed by atoms with Crippen molar-refractivity contribution in [3.8, 4) is 0 Å². The fourth-order valence-corrected chi connectivity index (χ4v) is 2.48. The maximum absolute atomic E-state index is 12.3. The number of nitrogens with zero attached hydrogens (tertiary/aromatic N) is 2. The monoisotopic (exact) mass is 350 g/mol. The lowest BCUT2D eigenvalue weighted by Gasteiger charge is -2.14. The van der Waals surface area contributed by atoms with Crippen LogP contribution in [0.4, 0.5) is 11.7 Å². The highest BCUT2D eigenvalue weighted by molar-refractivity contribution is 6.04. The Morgan fingerprint density at radius 3 is 2.50 bits per heavy atom. The average molecular weight is 350 g/mol. The number of carbonyl (C=O) groups is 1. The van der Waals surface area contributed by atoms with Gasteiger partial charge in [-0.1, -0.05) is 49.3 Å². The summed E-state index contributed by atoms with van der Waals surface area (Å²) in [7, 11) is 0. The van der Waals surface area contributed by atoms with Crippen LogP contribution in [0, 0.1) is 0 Å². The third-order valence-electron chi connectivity index (χ3n) is 3.98. The van der Waals surface area contributed by atoms with Crippen molar-refractivity contribution in [3.05, 3.63) is 71.5 Å². The van der Waals surface area contributed by atoms with E-state index in [0.717, 1.165) is 11.3 Å². The predicted octanol–water partition coefficient (Wildman–Crippen LogP) is 4.62. The van der Waals surface area contributed by atoms with Crippen LogP contribution in [0.15, 0.2) is 59.1 Å². The summed E-state index contributed by atoms with van der Waals surface area (Å²) in [5, 5.41) is 10.1. The molecule has 2 aromatic carbocycles. The third-order valence-corrected chi connectivity index (χ3v) is 3.98. The molecule has 0 aliphatic heterocycles. The van der Waals surface area contributed by atoms with Gasteiger partial charge >= 0.3 is 6.01 Å². The van der Waals surface area contributed by atoms with Gasteiger partial charge in [-0.15, -0.1) is 0 Å². The summed E-state index contributed by atoms with van der Waals surface area (Å²) in [5.74, 6) is 0.742. The van der Waals surface area contributed by atoms with Crippen LogP contribution in [0.5, 0.6) is 0 Å². The number of hydrogen-bond acceptors (Lipinski definition) is 5. The first-order chi connectivity index (χ1) is 12.5. The van der Waals surface area contributed by atoms with Gasteiger partial charge < -0.3 is 15.2 Å². The molecule has 134 valence electrons. The summed E-state index contributed by atoms with van der Waals surface area (Å²) in [4.78, 5) is 16.6. The first-order valence-electron chi connectivity index (χ1n) is 8.59. The molecule has 3 rings (SSSR count). The number of anilines is 2. The molecule has 1 aromatic heterocycles. The lowest BCUT2D eigenvalue weighted by molar-refractivity contribution is 0.102. The third kappa shape index (κ3) is 4.27. The number of benzene rings is 2. The van der Waals surface area contributed by atoms with Gasteiger partial charge in [0.15, 0.2) is 5.82 Å². The molecule has 1 atom stereocenters. The van der Waals surface area contributed by atoms with E-state index in [1.165, 1.54) is 0 Å². The zero-order valence-electron chi connectivity index (χ0n) is 15.1. The second-order valence-corrected chi connectivity index (χ2v) is 6.42. The molecular weight excluding hydrogens is 328 g/mol. The second-order valence-electron chi connectivity index (χ2n) is 6.42. The molecule has 0 fully saturated rings. The van der Waals surface area contributed by atoms with E-state index in [1.807, 2.05) is 63.2 Å². The van der Waals surface area contributed by atoms with E-state index in [4.69, 9.17) is 4.52 Å². The van der Waals surface area contributed by atoms with Crippen LogP contribution in [-0.2, 0) is 0 Å². The molecular formula is C20H22N4O2. The zero-order valence-corrected chi connectivity index (χ0v) is 15.1. The molecule has 0 aliphatic rings. The van der Waals surface area contributed by atoms with Crippen LogP contribution in [0.25, 0.3) is 0 Å². The van der Waals surface area contributed by atoms with Crippen molar-refractivity contribution in [3.63, 3.8) is 0 Å². The number of carbonyl (C=O) groups excluding carboxylic acids is 1. The molecule has 0 spiro atoms. The van der Waals surface area contributed by atoms with Gasteiger partial charge in [-0.05, 0) is 36.8 Å². The Kier molecular flexibility index (Phi) is 5.31. The van der Waals surface area contributed by atoms with E-state index < -0.39 is 0 Å². The average Bonchev–Trinajstić information content (AvgIpc) is 3.11. The van der Waals surface area contributed by atoms with Crippen molar-refractivity contribution < 1.29 is 9.32 Å². The van der Waals surface area contributed by atoms with Gasteiger partial charge in [0.1, 0.15) is 0 Å². The largest absolute Gasteiger partial charge is 0.331 e. The Labute approximate surface area is 152 Å². The summed E-state index contributed by atoms with van der Waals surface area (Å²) in [6, 6.07) is 17.1. The number of hydrogen-bond donors (Lipinski definition) is 2. The van der Waals surface area contributed by atoms with Crippen molar-refractivity contribution in [2.45, 2.75) is 32.7 Å². The molecule has 26 heavy (non-hydrogen) atoms. The Bertz CT molecular complexity index is 874. The molecule has 0 radical (unpaired) electrons. The maximum atomic E-state index is 12.3. The Morgan fingerprint density at radius 1 is 1.04 bits per heavy atom. The highest BCUT2D eigenvalue weighted by atomic mass is 16.5. The van der Waals surface area contributed by atoms with Crippen LogP contribution in [-0.4, -0.2) is 16.0 Å². The minimum atomic E-state index is -0.137. The maximum Gasteiger partial charge on any atom is 0.321 e. The Hall–Kier alpha value is -3.15. The van der Waals surface area contributed by atoms with Crippen LogP contribution in [0.1, 0.15) is 54.5 Å². The molecule has 1 unspecified atom stereocenters. The summed E-state index contributed by atoms with van der Waals surface area (Å²) >= 11 is 0. The number of amides is 1. The topological polar surface area (TPSA) is 80.0 Å². The standard InChI is InChI=1S/C20H22N4O2/c1-13(2)18-23-20(26-24-18)21-14(3)16-10-7-11-17(12-16)22-19(25)15-8-5-4-6-9-15/h4-14H,1-3H3,(H,22,25)(H,21,23,24). The number of rotatable bonds is 6. The van der Waals surface area contributed by atoms with Gasteiger partial charge in [0, 0.05) is 17.2 Å². The summed E-state index contributed by atoms with van der Waals surface area (Å²) in [6.07, 6.45) is 0. The van der Waals surface area contributed by atoms with Gasteiger partial charge in [-0.2, -0.15) is 4.98 Å². The van der Waals surface area contributed by atoms with E-state index in [-0.39, 0.29) is 17.9 Å². The molecule has 3 aromatic rings. The van der Waals surface area contributed by atoms with Crippen molar-refractivity contribution in [2.24, 2.45) is 0 Å². The normalized spacial score (nSPS) is 12.0. The second kappa shape index (κ2) is 7.82. The molecule has 0 bridgehead atoms. The van der Waals surface area contributed by atoms with Gasteiger partial charge in [-0.25, -0.2) is 0 Å². The smallest absolute Gasteiger partial charge is 0.321 e. The predicted molar refractivity (Wildman–Crippen MR) is 101 cm³/mol. The van der Waals surface area contributed by atoms with Crippen molar-refractivity contribution in [1.29, 1.82) is 0 Å². The van der Waals surface area contributed by atoms with Crippen molar-refractivity contribution >= 4 is 17.6 Å². The number of aromatic nitrogens is 2. The van der Waals surface area contributed by atoms with E-state index in [2.05, 4.69) is 20.8 Å². The van der Waals surface area contributed by atoms with Gasteiger partial charge in [0.05, 0.1) is 6.04 Å². The minimum Gasteiger partial charge on any atom is -0.331 e. The molecule has 0 aliphatic carbocycles. The number of nitrogens with one attached hydrogen (secondary N) is 2. The summed E-state index contributed by atoms with van der Waals surface area (Å²) in [5.41, 5.74) is 2.36. The van der Waals surface area contributed by atoms with E-state index >= 15 is 0 Å².